The number of halogens is 2. The van der Waals surface area contributed by atoms with E-state index in [-0.39, 0.29) is 47.4 Å². The number of hydrogen-bond donors (Lipinski definition) is 0. The molecule has 2 aliphatic heterocycles. The number of sulfone groups is 1. The number of carbonyl (C=O) groups is 1. The van der Waals surface area contributed by atoms with Crippen LogP contribution in [0.4, 0.5) is 15.0 Å². The van der Waals surface area contributed by atoms with Crippen LogP contribution < -0.4 is 9.64 Å². The van der Waals surface area contributed by atoms with Crippen LogP contribution in [0.15, 0.2) is 41.7 Å². The maximum Gasteiger partial charge on any atom is 0.410 e. The van der Waals surface area contributed by atoms with Gasteiger partial charge in [0.05, 0.1) is 17.5 Å². The highest BCUT2D eigenvalue weighted by Gasteiger charge is 2.45. The Labute approximate surface area is 265 Å². The van der Waals surface area contributed by atoms with Crippen LogP contribution in [0.3, 0.4) is 0 Å². The predicted molar refractivity (Wildman–Crippen MR) is 168 cm³/mol. The average Bonchev–Trinajstić information content (AvgIpc) is 3.23. The van der Waals surface area contributed by atoms with Crippen molar-refractivity contribution >= 4 is 55.0 Å². The maximum atomic E-state index is 16.7. The minimum absolute atomic E-state index is 0.0311. The number of carbonyl (C=O) groups excluding carboxylic acids is 1. The van der Waals surface area contributed by atoms with E-state index in [0.29, 0.717) is 40.2 Å². The van der Waals surface area contributed by atoms with Crippen LogP contribution in [0.25, 0.3) is 32.9 Å². The molecule has 0 radical (unpaired) electrons. The van der Waals surface area contributed by atoms with E-state index < -0.39 is 26.4 Å². The summed E-state index contributed by atoms with van der Waals surface area (Å²) in [6.45, 7) is 6.13. The molecule has 2 atom stereocenters. The smallest absolute Gasteiger partial charge is 0.410 e. The zero-order valence-corrected chi connectivity index (χ0v) is 27.1. The summed E-state index contributed by atoms with van der Waals surface area (Å²) in [5, 5.41) is 1.34. The van der Waals surface area contributed by atoms with Gasteiger partial charge in [-0.05, 0) is 57.2 Å². The summed E-state index contributed by atoms with van der Waals surface area (Å²) in [7, 11) is -2.45. The molecule has 2 fully saturated rings. The van der Waals surface area contributed by atoms with Gasteiger partial charge in [0.25, 0.3) is 0 Å². The topological polar surface area (TPSA) is 124 Å². The molecular formula is C31H33ClFN5O6S. The van der Waals surface area contributed by atoms with Crippen LogP contribution in [-0.4, -0.2) is 85.3 Å². The first-order valence-electron chi connectivity index (χ1n) is 14.4. The molecule has 4 heterocycles. The zero-order valence-electron chi connectivity index (χ0n) is 25.5. The van der Waals surface area contributed by atoms with E-state index in [0.717, 1.165) is 19.1 Å². The summed E-state index contributed by atoms with van der Waals surface area (Å²) in [5.41, 5.74) is -0.584. The van der Waals surface area contributed by atoms with Crippen molar-refractivity contribution in [3.8, 4) is 17.0 Å². The third-order valence-corrected chi connectivity index (χ3v) is 9.02. The van der Waals surface area contributed by atoms with Gasteiger partial charge in [-0.25, -0.2) is 27.6 Å². The number of hydrogen-bond acceptors (Lipinski definition) is 10. The van der Waals surface area contributed by atoms with Crippen molar-refractivity contribution in [2.75, 3.05) is 38.1 Å². The molecule has 2 aromatic heterocycles. The van der Waals surface area contributed by atoms with Gasteiger partial charge in [-0.2, -0.15) is 0 Å². The van der Waals surface area contributed by atoms with Gasteiger partial charge in [-0.3, -0.25) is 9.88 Å². The second kappa shape index (κ2) is 11.5. The normalized spacial score (nSPS) is 18.6. The number of amides is 1. The molecule has 6 rings (SSSR count). The number of rotatable bonds is 6. The highest BCUT2D eigenvalue weighted by Crippen LogP contribution is 2.41. The largest absolute Gasteiger partial charge is 0.468 e. The fraction of sp³-hybridized carbons (Fsp3) is 0.419. The van der Waals surface area contributed by atoms with Crippen LogP contribution in [0.5, 0.6) is 5.75 Å². The molecule has 11 nitrogen and oxygen atoms in total. The summed E-state index contributed by atoms with van der Waals surface area (Å²) < 4.78 is 58.5. The van der Waals surface area contributed by atoms with Crippen molar-refractivity contribution in [1.29, 1.82) is 0 Å². The minimum atomic E-state index is -3.94. The molecule has 238 valence electrons. The van der Waals surface area contributed by atoms with Crippen molar-refractivity contribution < 1.29 is 31.8 Å². The van der Waals surface area contributed by atoms with Gasteiger partial charge in [-0.15, -0.1) is 0 Å². The molecule has 14 heteroatoms. The molecule has 0 unspecified atom stereocenters. The third kappa shape index (κ3) is 5.96. The fourth-order valence-corrected chi connectivity index (χ4v) is 6.85. The first-order chi connectivity index (χ1) is 21.2. The van der Waals surface area contributed by atoms with E-state index in [1.54, 1.807) is 29.2 Å². The highest BCUT2D eigenvalue weighted by atomic mass is 35.5. The number of anilines is 1. The average molecular weight is 658 g/mol. The Morgan fingerprint density at radius 3 is 2.49 bits per heavy atom. The van der Waals surface area contributed by atoms with Crippen LogP contribution in [0.1, 0.15) is 33.6 Å². The van der Waals surface area contributed by atoms with E-state index in [4.69, 9.17) is 25.8 Å². The number of aromatic nitrogens is 3. The first-order valence-corrected chi connectivity index (χ1v) is 16.7. The molecule has 2 aliphatic rings. The quantitative estimate of drug-likeness (QED) is 0.191. The van der Waals surface area contributed by atoms with Crippen molar-refractivity contribution in [3.63, 3.8) is 0 Å². The Hall–Kier alpha value is -3.81. The van der Waals surface area contributed by atoms with Gasteiger partial charge >= 0.3 is 6.09 Å². The number of nitrogens with zero attached hydrogens (tertiary/aromatic N) is 5. The van der Waals surface area contributed by atoms with Crippen molar-refractivity contribution in [1.82, 2.24) is 19.9 Å². The number of pyridine rings is 1. The van der Waals surface area contributed by atoms with Crippen molar-refractivity contribution in [2.45, 2.75) is 56.5 Å². The summed E-state index contributed by atoms with van der Waals surface area (Å²) in [6.07, 6.45) is 3.52. The van der Waals surface area contributed by atoms with Crippen molar-refractivity contribution in [3.05, 3.63) is 47.4 Å². The summed E-state index contributed by atoms with van der Waals surface area (Å²) >= 11 is 6.59. The lowest BCUT2D eigenvalue weighted by molar-refractivity contribution is 0.0123. The Bertz CT molecular complexity index is 1920. The van der Waals surface area contributed by atoms with E-state index in [1.807, 2.05) is 31.7 Å². The third-order valence-electron chi connectivity index (χ3n) is 7.86. The standard InChI is InChI=1S/C31H33ClFN5O6S/c1-31(2,3)44-30(39)38-18-9-10-19(38)15-37(14-18)28-22-13-34-26(25(33)27(22)35-29(36-28)45(5,40)41)21-12-20(43-16-42-4)11-17-7-6-8-23(32)24(17)21/h6-8,11-13,18-19H,9-10,14-16H2,1-5H3/t18-,19+. The Kier molecular flexibility index (Phi) is 7.99. The van der Waals surface area contributed by atoms with Gasteiger partial charge in [-0.1, -0.05) is 23.7 Å². The zero-order chi connectivity index (χ0) is 32.3. The molecule has 0 saturated carbocycles. The lowest BCUT2D eigenvalue weighted by atomic mass is 10.00. The van der Waals surface area contributed by atoms with Gasteiger partial charge in [0.1, 0.15) is 28.4 Å². The molecule has 0 N–H and O–H groups in total. The summed E-state index contributed by atoms with van der Waals surface area (Å²) in [6, 6.07) is 8.27. The van der Waals surface area contributed by atoms with Gasteiger partial charge < -0.3 is 19.1 Å². The minimum Gasteiger partial charge on any atom is -0.468 e. The molecule has 0 aliphatic carbocycles. The number of benzene rings is 2. The SMILES string of the molecule is COCOc1cc(-c2ncc3c(N4C[C@H]5CC[C@@H](C4)N5C(=O)OC(C)(C)C)nc(S(C)(=O)=O)nc3c2F)c2c(Cl)cccc2c1. The van der Waals surface area contributed by atoms with Gasteiger partial charge in [0, 0.05) is 48.6 Å². The first kappa shape index (κ1) is 31.2. The monoisotopic (exact) mass is 657 g/mol. The lowest BCUT2D eigenvalue weighted by Crippen LogP contribution is -2.57. The molecule has 2 bridgehead atoms. The van der Waals surface area contributed by atoms with Crippen LogP contribution in [0.2, 0.25) is 5.02 Å². The van der Waals surface area contributed by atoms with Gasteiger partial charge in [0.15, 0.2) is 12.6 Å². The molecule has 0 spiro atoms. The predicted octanol–water partition coefficient (Wildman–Crippen LogP) is 5.61. The van der Waals surface area contributed by atoms with E-state index in [9.17, 15) is 13.2 Å². The Balaban J connectivity index is 1.48. The molecule has 1 amide bonds. The Morgan fingerprint density at radius 1 is 1.13 bits per heavy atom. The maximum absolute atomic E-state index is 16.7. The van der Waals surface area contributed by atoms with E-state index in [2.05, 4.69) is 15.0 Å². The van der Waals surface area contributed by atoms with Gasteiger partial charge in [0.2, 0.25) is 15.0 Å². The van der Waals surface area contributed by atoms with Crippen LogP contribution in [0, 0.1) is 5.82 Å². The lowest BCUT2D eigenvalue weighted by Gasteiger charge is -2.42. The molecule has 45 heavy (non-hydrogen) atoms. The molecule has 4 aromatic rings. The number of fused-ring (bicyclic) bond motifs is 4. The van der Waals surface area contributed by atoms with E-state index in [1.165, 1.54) is 13.3 Å². The number of piperazine rings is 1. The van der Waals surface area contributed by atoms with Crippen molar-refractivity contribution in [2.24, 2.45) is 0 Å². The second-order valence-corrected chi connectivity index (χ2v) is 14.6. The van der Waals surface area contributed by atoms with Crippen LogP contribution in [-0.2, 0) is 19.3 Å². The number of ether oxygens (including phenoxy) is 3. The molecular weight excluding hydrogens is 625 g/mol. The second-order valence-electron chi connectivity index (χ2n) is 12.3. The van der Waals surface area contributed by atoms with E-state index >= 15 is 4.39 Å². The molecule has 2 saturated heterocycles. The summed E-state index contributed by atoms with van der Waals surface area (Å²) in [4.78, 5) is 29.8. The van der Waals surface area contributed by atoms with Crippen LogP contribution >= 0.6 is 11.6 Å². The Morgan fingerprint density at radius 2 is 1.84 bits per heavy atom. The fourth-order valence-electron chi connectivity index (χ4n) is 6.06. The number of methoxy groups -OCH3 is 1. The summed E-state index contributed by atoms with van der Waals surface area (Å²) in [5.74, 6) is -0.192. The highest BCUT2D eigenvalue weighted by molar-refractivity contribution is 7.90. The molecule has 2 aromatic carbocycles.